The molecule has 8 nitrogen and oxygen atoms in total. The van der Waals surface area contributed by atoms with E-state index < -0.39 is 64.0 Å². The second-order valence-electron chi connectivity index (χ2n) is 12.1. The second kappa shape index (κ2) is 10.5. The molecular formula is C30H25F7N6O2S. The molecule has 3 aliphatic rings. The van der Waals surface area contributed by atoms with Gasteiger partial charge in [-0.25, -0.2) is 17.6 Å². The number of thiophene rings is 1. The Morgan fingerprint density at radius 3 is 2.43 bits per heavy atom. The average Bonchev–Trinajstić information content (AvgIpc) is 3.49. The van der Waals surface area contributed by atoms with Gasteiger partial charge >= 0.3 is 12.2 Å². The Bertz CT molecular complexity index is 1920. The number of alkyl halides is 5. The molecule has 5 heterocycles. The van der Waals surface area contributed by atoms with Gasteiger partial charge in [0.2, 0.25) is 0 Å². The minimum absolute atomic E-state index is 0.00877. The summed E-state index contributed by atoms with van der Waals surface area (Å²) < 4.78 is 115. The standard InChI is InChI=1S/C30H25F7N6O2S/c1-28(33,34)29(10-44-11-29)12-45-27-41-23-16(26(42-27)43-8-13-2-3-14(9-43)40-13)6-18(30(35,36)37)21(22(23)32)15-4-5-19(31)24-20(15)17(7-38)25(39)46-24/h4-6,13-14,40H,2-3,8-12,39H2,1H3. The Labute approximate surface area is 260 Å². The lowest BCUT2D eigenvalue weighted by atomic mass is 9.81. The topological polar surface area (TPSA) is 109 Å². The first kappa shape index (κ1) is 30.7. The highest BCUT2D eigenvalue weighted by molar-refractivity contribution is 7.23. The minimum Gasteiger partial charge on any atom is -0.462 e. The van der Waals surface area contributed by atoms with Gasteiger partial charge in [-0.1, -0.05) is 6.07 Å². The molecule has 2 atom stereocenters. The van der Waals surface area contributed by atoms with Crippen LogP contribution in [0, 0.1) is 28.4 Å². The molecule has 0 radical (unpaired) electrons. The van der Waals surface area contributed by atoms with E-state index in [1.54, 1.807) is 11.0 Å². The Balaban J connectivity index is 1.48. The maximum Gasteiger partial charge on any atom is 0.417 e. The first-order chi connectivity index (χ1) is 21.7. The summed E-state index contributed by atoms with van der Waals surface area (Å²) in [5.41, 5.74) is 0.570. The molecule has 3 aliphatic heterocycles. The van der Waals surface area contributed by atoms with E-state index in [0.717, 1.165) is 38.0 Å². The van der Waals surface area contributed by atoms with Gasteiger partial charge in [-0.3, -0.25) is 0 Å². The number of ether oxygens (including phenoxy) is 2. The fourth-order valence-electron chi connectivity index (χ4n) is 6.48. The molecule has 0 saturated carbocycles. The Morgan fingerprint density at radius 1 is 1.15 bits per heavy atom. The van der Waals surface area contributed by atoms with Crippen molar-refractivity contribution in [2.45, 2.75) is 43.9 Å². The van der Waals surface area contributed by atoms with Gasteiger partial charge in [-0.05, 0) is 30.5 Å². The van der Waals surface area contributed by atoms with Gasteiger partial charge in [-0.15, -0.1) is 11.3 Å². The number of nitrogens with one attached hydrogen (secondary N) is 1. The molecule has 3 fully saturated rings. The van der Waals surface area contributed by atoms with Crippen molar-refractivity contribution >= 4 is 43.1 Å². The van der Waals surface area contributed by atoms with Crippen LogP contribution in [0.1, 0.15) is 30.9 Å². The third kappa shape index (κ3) is 4.78. The van der Waals surface area contributed by atoms with Crippen molar-refractivity contribution in [3.8, 4) is 23.2 Å². The number of hydrogen-bond donors (Lipinski definition) is 2. The van der Waals surface area contributed by atoms with E-state index in [1.165, 1.54) is 0 Å². The lowest BCUT2D eigenvalue weighted by Gasteiger charge is -2.44. The number of fused-ring (bicyclic) bond motifs is 4. The van der Waals surface area contributed by atoms with Crippen molar-refractivity contribution in [3.63, 3.8) is 0 Å². The quantitative estimate of drug-likeness (QED) is 0.233. The highest BCUT2D eigenvalue weighted by Crippen LogP contribution is 2.48. The van der Waals surface area contributed by atoms with Gasteiger partial charge in [0.05, 0.1) is 29.0 Å². The lowest BCUT2D eigenvalue weighted by molar-refractivity contribution is -0.246. The summed E-state index contributed by atoms with van der Waals surface area (Å²) in [5, 5.41) is 12.5. The zero-order chi connectivity index (χ0) is 32.8. The third-order valence-electron chi connectivity index (χ3n) is 9.08. The van der Waals surface area contributed by atoms with Gasteiger partial charge in [0.25, 0.3) is 5.92 Å². The van der Waals surface area contributed by atoms with Crippen LogP contribution in [0.5, 0.6) is 6.01 Å². The number of nitrogens with zero attached hydrogens (tertiary/aromatic N) is 4. The molecule has 2 unspecified atom stereocenters. The predicted molar refractivity (Wildman–Crippen MR) is 156 cm³/mol. The van der Waals surface area contributed by atoms with Crippen molar-refractivity contribution in [2.24, 2.45) is 5.41 Å². The van der Waals surface area contributed by atoms with Crippen LogP contribution in [0.15, 0.2) is 18.2 Å². The summed E-state index contributed by atoms with van der Waals surface area (Å²) in [7, 11) is 0. The number of piperazine rings is 1. The maximum atomic E-state index is 16.8. The Kier molecular flexibility index (Phi) is 7.04. The zero-order valence-electron chi connectivity index (χ0n) is 24.1. The molecule has 7 rings (SSSR count). The van der Waals surface area contributed by atoms with Crippen molar-refractivity contribution in [1.82, 2.24) is 15.3 Å². The van der Waals surface area contributed by atoms with Crippen LogP contribution in [-0.2, 0) is 10.9 Å². The van der Waals surface area contributed by atoms with E-state index >= 15 is 4.39 Å². The molecule has 3 saturated heterocycles. The van der Waals surface area contributed by atoms with Crippen molar-refractivity contribution in [3.05, 3.63) is 41.0 Å². The maximum absolute atomic E-state index is 16.8. The Morgan fingerprint density at radius 2 is 1.85 bits per heavy atom. The van der Waals surface area contributed by atoms with Gasteiger partial charge in [0.15, 0.2) is 5.82 Å². The number of anilines is 2. The summed E-state index contributed by atoms with van der Waals surface area (Å²) in [6.45, 7) is 0.199. The number of halogens is 7. The molecule has 2 bridgehead atoms. The summed E-state index contributed by atoms with van der Waals surface area (Å²) in [4.78, 5) is 10.2. The molecule has 0 aliphatic carbocycles. The molecular weight excluding hydrogens is 641 g/mol. The largest absolute Gasteiger partial charge is 0.462 e. The van der Waals surface area contributed by atoms with Gasteiger partial charge in [0, 0.05) is 48.4 Å². The molecule has 2 aromatic heterocycles. The highest BCUT2D eigenvalue weighted by atomic mass is 32.1. The monoisotopic (exact) mass is 666 g/mol. The van der Waals surface area contributed by atoms with E-state index in [4.69, 9.17) is 15.2 Å². The number of hydrogen-bond acceptors (Lipinski definition) is 9. The molecule has 242 valence electrons. The molecule has 0 spiro atoms. The smallest absolute Gasteiger partial charge is 0.417 e. The van der Waals surface area contributed by atoms with E-state index in [9.17, 15) is 31.6 Å². The summed E-state index contributed by atoms with van der Waals surface area (Å²) in [6, 6.07) is 3.86. The Hall–Kier alpha value is -3.94. The van der Waals surface area contributed by atoms with Crippen LogP contribution in [0.3, 0.4) is 0 Å². The lowest BCUT2D eigenvalue weighted by Crippen LogP contribution is -2.57. The van der Waals surface area contributed by atoms with Gasteiger partial charge < -0.3 is 25.4 Å². The minimum atomic E-state index is -5.11. The number of rotatable bonds is 6. The van der Waals surface area contributed by atoms with Crippen LogP contribution in [0.2, 0.25) is 0 Å². The van der Waals surface area contributed by atoms with Gasteiger partial charge in [-0.2, -0.15) is 28.4 Å². The average molecular weight is 667 g/mol. The number of nitriles is 1. The summed E-state index contributed by atoms with van der Waals surface area (Å²) in [5.74, 6) is -5.53. The number of nitrogen functional groups attached to an aromatic ring is 1. The molecule has 0 amide bonds. The van der Waals surface area contributed by atoms with E-state index in [1.807, 2.05) is 0 Å². The van der Waals surface area contributed by atoms with Crippen LogP contribution < -0.4 is 20.7 Å². The van der Waals surface area contributed by atoms with Crippen molar-refractivity contribution < 1.29 is 40.2 Å². The first-order valence-electron chi connectivity index (χ1n) is 14.3. The fraction of sp³-hybridized carbons (Fsp3) is 0.433. The summed E-state index contributed by atoms with van der Waals surface area (Å²) >= 11 is 0.657. The summed E-state index contributed by atoms with van der Waals surface area (Å²) in [6.07, 6.45) is -3.48. The van der Waals surface area contributed by atoms with Crippen molar-refractivity contribution in [1.29, 1.82) is 5.26 Å². The van der Waals surface area contributed by atoms with Gasteiger partial charge in [0.1, 0.15) is 40.2 Å². The van der Waals surface area contributed by atoms with E-state index in [-0.39, 0.29) is 57.2 Å². The molecule has 16 heteroatoms. The van der Waals surface area contributed by atoms with E-state index in [2.05, 4.69) is 15.3 Å². The predicted octanol–water partition coefficient (Wildman–Crippen LogP) is 6.25. The van der Waals surface area contributed by atoms with Crippen LogP contribution in [0.25, 0.3) is 32.1 Å². The van der Waals surface area contributed by atoms with Crippen LogP contribution in [-0.4, -0.2) is 60.9 Å². The molecule has 3 N–H and O–H groups in total. The van der Waals surface area contributed by atoms with Crippen LogP contribution >= 0.6 is 11.3 Å². The fourth-order valence-corrected chi connectivity index (χ4v) is 7.43. The normalized spacial score (nSPS) is 21.1. The molecule has 46 heavy (non-hydrogen) atoms. The first-order valence-corrected chi connectivity index (χ1v) is 15.1. The third-order valence-corrected chi connectivity index (χ3v) is 10.1. The van der Waals surface area contributed by atoms with E-state index in [0.29, 0.717) is 24.4 Å². The number of nitrogens with two attached hydrogens (primary N) is 1. The SMILES string of the molecule is CC(F)(F)C1(COc2nc(N3CC4CCC(C3)N4)c3cc(C(F)(F)F)c(-c4ccc(F)c5sc(N)c(C#N)c45)c(F)c3n2)COC1. The zero-order valence-corrected chi connectivity index (χ0v) is 24.9. The van der Waals surface area contributed by atoms with Crippen molar-refractivity contribution in [2.75, 3.05) is 43.5 Å². The molecule has 2 aromatic carbocycles. The molecule has 4 aromatic rings. The van der Waals surface area contributed by atoms with Crippen LogP contribution in [0.4, 0.5) is 41.6 Å². The second-order valence-corrected chi connectivity index (χ2v) is 13.1. The highest BCUT2D eigenvalue weighted by Gasteiger charge is 2.56. The number of aromatic nitrogens is 2. The number of benzene rings is 2.